The molecule has 0 aromatic heterocycles. The topological polar surface area (TPSA) is 58.6 Å². The average molecular weight is 255 g/mol. The van der Waals surface area contributed by atoms with Crippen LogP contribution in [0.15, 0.2) is 60.7 Å². The molecule has 2 aromatic carbocycles. The first-order valence-corrected chi connectivity index (χ1v) is 5.73. The zero-order valence-corrected chi connectivity index (χ0v) is 10.1. The maximum absolute atomic E-state index is 11.0. The Hall–Kier alpha value is -2.59. The zero-order chi connectivity index (χ0) is 13.5. The van der Waals surface area contributed by atoms with Gasteiger partial charge in [0.25, 0.3) is 5.91 Å². The second-order valence-corrected chi connectivity index (χ2v) is 3.76. The van der Waals surface area contributed by atoms with Gasteiger partial charge in [0.2, 0.25) is 0 Å². The largest absolute Gasteiger partial charge is 0.457 e. The molecule has 96 valence electrons. The highest BCUT2D eigenvalue weighted by atomic mass is 16.5. The standard InChI is InChI=1S/C15H13NO3/c17-15(16-18)11-10-12-6-4-5-9-14(12)19-13-7-2-1-3-8-13/h1-11,18H,(H,16,17)/b11-10+. The summed E-state index contributed by atoms with van der Waals surface area (Å²) in [5.41, 5.74) is 2.28. The van der Waals surface area contributed by atoms with Crippen LogP contribution in [0.5, 0.6) is 11.5 Å². The number of ether oxygens (including phenoxy) is 1. The maximum Gasteiger partial charge on any atom is 0.267 e. The molecule has 0 fully saturated rings. The Morgan fingerprint density at radius 2 is 1.74 bits per heavy atom. The molecule has 4 heteroatoms. The second-order valence-electron chi connectivity index (χ2n) is 3.76. The van der Waals surface area contributed by atoms with E-state index in [1.54, 1.807) is 6.08 Å². The molecule has 0 aliphatic heterocycles. The molecule has 4 nitrogen and oxygen atoms in total. The van der Waals surface area contributed by atoms with Crippen LogP contribution in [-0.4, -0.2) is 11.1 Å². The highest BCUT2D eigenvalue weighted by molar-refractivity contribution is 5.91. The number of rotatable bonds is 4. The lowest BCUT2D eigenvalue weighted by Crippen LogP contribution is -2.14. The fourth-order valence-corrected chi connectivity index (χ4v) is 1.53. The van der Waals surface area contributed by atoms with Crippen LogP contribution >= 0.6 is 0 Å². The molecular formula is C15H13NO3. The van der Waals surface area contributed by atoms with Crippen molar-refractivity contribution in [1.29, 1.82) is 0 Å². The first-order chi connectivity index (χ1) is 9.29. The molecule has 2 N–H and O–H groups in total. The SMILES string of the molecule is O=C(/C=C/c1ccccc1Oc1ccccc1)NO. The van der Waals surface area contributed by atoms with Gasteiger partial charge >= 0.3 is 0 Å². The van der Waals surface area contributed by atoms with Crippen molar-refractivity contribution in [3.63, 3.8) is 0 Å². The van der Waals surface area contributed by atoms with Gasteiger partial charge in [-0.15, -0.1) is 0 Å². The van der Waals surface area contributed by atoms with Crippen LogP contribution in [0.1, 0.15) is 5.56 Å². The second kappa shape index (κ2) is 6.37. The summed E-state index contributed by atoms with van der Waals surface area (Å²) in [7, 11) is 0. The highest BCUT2D eigenvalue weighted by Crippen LogP contribution is 2.25. The molecule has 2 rings (SSSR count). The Labute approximate surface area is 110 Å². The van der Waals surface area contributed by atoms with Crippen LogP contribution in [-0.2, 0) is 4.79 Å². The van der Waals surface area contributed by atoms with Gasteiger partial charge in [-0.05, 0) is 24.3 Å². The number of hydroxylamine groups is 1. The number of nitrogens with one attached hydrogen (secondary N) is 1. The first kappa shape index (κ1) is 12.9. The molecule has 2 aromatic rings. The van der Waals surface area contributed by atoms with E-state index >= 15 is 0 Å². The Morgan fingerprint density at radius 3 is 2.47 bits per heavy atom. The Balaban J connectivity index is 2.21. The molecule has 0 saturated carbocycles. The number of amides is 1. The molecule has 1 amide bonds. The van der Waals surface area contributed by atoms with Gasteiger partial charge in [-0.3, -0.25) is 10.0 Å². The van der Waals surface area contributed by atoms with Crippen molar-refractivity contribution in [3.8, 4) is 11.5 Å². The number of hydrogen-bond acceptors (Lipinski definition) is 3. The van der Waals surface area contributed by atoms with E-state index in [0.29, 0.717) is 5.75 Å². The van der Waals surface area contributed by atoms with E-state index in [2.05, 4.69) is 0 Å². The smallest absolute Gasteiger partial charge is 0.267 e. The number of benzene rings is 2. The van der Waals surface area contributed by atoms with Crippen LogP contribution in [0.3, 0.4) is 0 Å². The molecule has 19 heavy (non-hydrogen) atoms. The fourth-order valence-electron chi connectivity index (χ4n) is 1.53. The summed E-state index contributed by atoms with van der Waals surface area (Å²) < 4.78 is 5.73. The molecule has 0 unspecified atom stereocenters. The minimum absolute atomic E-state index is 0.588. The number of carbonyl (C=O) groups is 1. The van der Waals surface area contributed by atoms with Crippen molar-refractivity contribution in [2.75, 3.05) is 0 Å². The summed E-state index contributed by atoms with van der Waals surface area (Å²) in [6.45, 7) is 0. The molecule has 0 saturated heterocycles. The number of para-hydroxylation sites is 2. The van der Waals surface area contributed by atoms with Gasteiger partial charge in [0.05, 0.1) is 0 Å². The predicted molar refractivity (Wildman–Crippen MR) is 71.9 cm³/mol. The molecule has 0 aliphatic rings. The summed E-state index contributed by atoms with van der Waals surface area (Å²) in [6, 6.07) is 16.7. The summed E-state index contributed by atoms with van der Waals surface area (Å²) in [4.78, 5) is 11.0. The lowest BCUT2D eigenvalue weighted by molar-refractivity contribution is -0.124. The van der Waals surface area contributed by atoms with E-state index in [9.17, 15) is 4.79 Å². The molecule has 0 atom stereocenters. The van der Waals surface area contributed by atoms with E-state index in [4.69, 9.17) is 9.94 Å². The quantitative estimate of drug-likeness (QED) is 0.501. The molecule has 0 bridgehead atoms. The van der Waals surface area contributed by atoms with E-state index in [1.807, 2.05) is 54.6 Å². The van der Waals surface area contributed by atoms with Crippen molar-refractivity contribution in [3.05, 3.63) is 66.2 Å². The van der Waals surface area contributed by atoms with Crippen molar-refractivity contribution >= 4 is 12.0 Å². The summed E-state index contributed by atoms with van der Waals surface area (Å²) >= 11 is 0. The van der Waals surface area contributed by atoms with Gasteiger partial charge in [0.1, 0.15) is 11.5 Å². The molecular weight excluding hydrogens is 242 g/mol. The molecule has 0 aliphatic carbocycles. The van der Waals surface area contributed by atoms with Crippen molar-refractivity contribution in [2.45, 2.75) is 0 Å². The Kier molecular flexibility index (Phi) is 4.31. The summed E-state index contributed by atoms with van der Waals surface area (Å²) in [5, 5.41) is 8.44. The number of carbonyl (C=O) groups excluding carboxylic acids is 1. The summed E-state index contributed by atoms with van der Waals surface area (Å²) in [6.07, 6.45) is 2.80. The third kappa shape index (κ3) is 3.69. The Morgan fingerprint density at radius 1 is 1.05 bits per heavy atom. The average Bonchev–Trinajstić information content (AvgIpc) is 2.47. The molecule has 0 heterocycles. The molecule has 0 radical (unpaired) electrons. The van der Waals surface area contributed by atoms with Crippen LogP contribution < -0.4 is 10.2 Å². The van der Waals surface area contributed by atoms with Gasteiger partial charge in [-0.2, -0.15) is 0 Å². The third-order valence-corrected chi connectivity index (χ3v) is 2.41. The minimum atomic E-state index is -0.588. The zero-order valence-electron chi connectivity index (χ0n) is 10.1. The van der Waals surface area contributed by atoms with E-state index in [1.165, 1.54) is 11.6 Å². The van der Waals surface area contributed by atoms with Gasteiger partial charge in [0, 0.05) is 11.6 Å². The first-order valence-electron chi connectivity index (χ1n) is 5.73. The monoisotopic (exact) mass is 255 g/mol. The fraction of sp³-hybridized carbons (Fsp3) is 0. The Bertz CT molecular complexity index is 579. The molecule has 0 spiro atoms. The van der Waals surface area contributed by atoms with Crippen molar-refractivity contribution in [1.82, 2.24) is 5.48 Å². The van der Waals surface area contributed by atoms with Crippen LogP contribution in [0.2, 0.25) is 0 Å². The van der Waals surface area contributed by atoms with Gasteiger partial charge in [-0.1, -0.05) is 36.4 Å². The van der Waals surface area contributed by atoms with E-state index in [-0.39, 0.29) is 0 Å². The summed E-state index contributed by atoms with van der Waals surface area (Å²) in [5.74, 6) is 0.764. The van der Waals surface area contributed by atoms with E-state index in [0.717, 1.165) is 11.3 Å². The number of hydrogen-bond donors (Lipinski definition) is 2. The van der Waals surface area contributed by atoms with Crippen LogP contribution in [0.25, 0.3) is 6.08 Å². The van der Waals surface area contributed by atoms with Crippen molar-refractivity contribution < 1.29 is 14.7 Å². The van der Waals surface area contributed by atoms with Gasteiger partial charge < -0.3 is 4.74 Å². The minimum Gasteiger partial charge on any atom is -0.457 e. The third-order valence-electron chi connectivity index (χ3n) is 2.41. The normalized spacial score (nSPS) is 10.4. The maximum atomic E-state index is 11.0. The van der Waals surface area contributed by atoms with Crippen LogP contribution in [0.4, 0.5) is 0 Å². The lowest BCUT2D eigenvalue weighted by Gasteiger charge is -2.08. The van der Waals surface area contributed by atoms with E-state index < -0.39 is 5.91 Å². The van der Waals surface area contributed by atoms with Crippen LogP contribution in [0, 0.1) is 0 Å². The lowest BCUT2D eigenvalue weighted by atomic mass is 10.2. The highest BCUT2D eigenvalue weighted by Gasteiger charge is 2.02. The predicted octanol–water partition coefficient (Wildman–Crippen LogP) is 3.00. The van der Waals surface area contributed by atoms with Gasteiger partial charge in [0.15, 0.2) is 0 Å². The van der Waals surface area contributed by atoms with Gasteiger partial charge in [-0.25, -0.2) is 5.48 Å². The van der Waals surface area contributed by atoms with Crippen molar-refractivity contribution in [2.24, 2.45) is 0 Å².